The molecule has 0 saturated carbocycles. The van der Waals surface area contributed by atoms with Gasteiger partial charge in [-0.05, 0) is 60.9 Å². The van der Waals surface area contributed by atoms with Crippen LogP contribution < -0.4 is 16.0 Å². The predicted octanol–water partition coefficient (Wildman–Crippen LogP) is 8.01. The summed E-state index contributed by atoms with van der Waals surface area (Å²) >= 11 is 1.75. The number of aromatic nitrogens is 1. The number of hydrogen-bond acceptors (Lipinski definition) is 4. The van der Waals surface area contributed by atoms with E-state index in [9.17, 15) is 4.79 Å². The summed E-state index contributed by atoms with van der Waals surface area (Å²) in [5.41, 5.74) is 8.73. The molecule has 0 aliphatic carbocycles. The number of aryl methyl sites for hydroxylation is 3. The van der Waals surface area contributed by atoms with Crippen molar-refractivity contribution in [2.75, 3.05) is 7.11 Å². The molecular weight excluding hydrogens is 478 g/mol. The van der Waals surface area contributed by atoms with Crippen LogP contribution in [0, 0.1) is 6.92 Å². The van der Waals surface area contributed by atoms with Gasteiger partial charge in [0.05, 0.1) is 23.7 Å². The fourth-order valence-corrected chi connectivity index (χ4v) is 6.47. The van der Waals surface area contributed by atoms with Gasteiger partial charge in [-0.25, -0.2) is 5.84 Å². The molecule has 0 bridgehead atoms. The molecule has 6 heteroatoms. The van der Waals surface area contributed by atoms with Crippen molar-refractivity contribution in [3.8, 4) is 10.8 Å². The van der Waals surface area contributed by atoms with Crippen LogP contribution in [0.5, 0.6) is 5.75 Å². The van der Waals surface area contributed by atoms with Gasteiger partial charge in [-0.1, -0.05) is 70.9 Å². The highest BCUT2D eigenvalue weighted by Gasteiger charge is 2.24. The van der Waals surface area contributed by atoms with Crippen LogP contribution in [0.15, 0.2) is 35.7 Å². The number of ether oxygens (including phenoxy) is 1. The zero-order chi connectivity index (χ0) is 26.4. The summed E-state index contributed by atoms with van der Waals surface area (Å²) in [5.74, 6) is 6.00. The van der Waals surface area contributed by atoms with Crippen molar-refractivity contribution >= 4 is 39.0 Å². The summed E-state index contributed by atoms with van der Waals surface area (Å²) < 4.78 is 8.09. The second kappa shape index (κ2) is 12.6. The van der Waals surface area contributed by atoms with Crippen molar-refractivity contribution in [1.82, 2.24) is 9.99 Å². The first-order valence-electron chi connectivity index (χ1n) is 13.8. The normalized spacial score (nSPS) is 11.5. The van der Waals surface area contributed by atoms with Crippen molar-refractivity contribution < 1.29 is 9.53 Å². The molecule has 0 atom stereocenters. The summed E-state index contributed by atoms with van der Waals surface area (Å²) in [6, 6.07) is 10.8. The lowest BCUT2D eigenvalue weighted by atomic mass is 10.00. The third-order valence-electron chi connectivity index (χ3n) is 7.41. The van der Waals surface area contributed by atoms with E-state index in [-0.39, 0.29) is 5.91 Å². The molecule has 0 unspecified atom stereocenters. The Morgan fingerprint density at radius 2 is 1.76 bits per heavy atom. The van der Waals surface area contributed by atoms with Crippen molar-refractivity contribution in [2.24, 2.45) is 5.84 Å². The first-order valence-corrected chi connectivity index (χ1v) is 14.7. The molecule has 37 heavy (non-hydrogen) atoms. The number of fused-ring (bicyclic) bond motifs is 3. The molecule has 198 valence electrons. The minimum atomic E-state index is -0.311. The lowest BCUT2D eigenvalue weighted by Crippen LogP contribution is -2.30. The Morgan fingerprint density at radius 1 is 1.00 bits per heavy atom. The van der Waals surface area contributed by atoms with Gasteiger partial charge in [0.1, 0.15) is 10.8 Å². The average molecular weight is 520 g/mol. The Kier molecular flexibility index (Phi) is 9.28. The molecule has 2 aromatic carbocycles. The highest BCUT2D eigenvalue weighted by Crippen LogP contribution is 2.42. The third-order valence-corrected chi connectivity index (χ3v) is 8.35. The molecule has 0 aliphatic rings. The van der Waals surface area contributed by atoms with Gasteiger partial charge in [0.2, 0.25) is 0 Å². The highest BCUT2D eigenvalue weighted by atomic mass is 32.1. The number of nitrogens with zero attached hydrogens (tertiary/aromatic N) is 1. The zero-order valence-corrected chi connectivity index (χ0v) is 23.6. The Morgan fingerprint density at radius 3 is 2.46 bits per heavy atom. The highest BCUT2D eigenvalue weighted by molar-refractivity contribution is 7.12. The summed E-state index contributed by atoms with van der Waals surface area (Å²) in [6.07, 6.45) is 12.3. The molecular formula is C31H41N3O2S. The second-order valence-electron chi connectivity index (χ2n) is 10.0. The number of hydrazine groups is 1. The van der Waals surface area contributed by atoms with Crippen molar-refractivity contribution in [1.29, 1.82) is 0 Å². The quantitative estimate of drug-likeness (QED) is 0.0813. The van der Waals surface area contributed by atoms with Gasteiger partial charge < -0.3 is 4.74 Å². The molecule has 2 heterocycles. The van der Waals surface area contributed by atoms with E-state index in [2.05, 4.69) is 60.4 Å². The maximum Gasteiger partial charge on any atom is 0.266 e. The molecule has 3 N–H and O–H groups in total. The number of carbonyl (C=O) groups is 1. The van der Waals surface area contributed by atoms with Crippen LogP contribution in [0.1, 0.15) is 92.3 Å². The van der Waals surface area contributed by atoms with Crippen LogP contribution in [0.3, 0.4) is 0 Å². The van der Waals surface area contributed by atoms with Crippen LogP contribution in [0.4, 0.5) is 0 Å². The van der Waals surface area contributed by atoms with Gasteiger partial charge in [0.25, 0.3) is 5.91 Å². The Hall–Kier alpha value is -2.83. The maximum absolute atomic E-state index is 13.0. The standard InChI is InChI=1S/C31H41N3O2S/c1-5-7-8-9-10-11-12-14-22-15-16-24-26(19-22)34(31-23(13-6-2)17-18-37-31)29-21(3)27(36-4)20-25(28(24)29)30(35)33-32/h15-20H,5-14,32H2,1-4H3,(H,33,35). The lowest BCUT2D eigenvalue weighted by molar-refractivity contribution is 0.0955. The van der Waals surface area contributed by atoms with Gasteiger partial charge in [-0.15, -0.1) is 11.3 Å². The number of unbranched alkanes of at least 4 members (excludes halogenated alkanes) is 6. The molecule has 0 spiro atoms. The van der Waals surface area contributed by atoms with E-state index in [0.29, 0.717) is 11.3 Å². The van der Waals surface area contributed by atoms with Crippen LogP contribution in [-0.2, 0) is 12.8 Å². The summed E-state index contributed by atoms with van der Waals surface area (Å²) in [6.45, 7) is 6.55. The van der Waals surface area contributed by atoms with Gasteiger partial charge in [0.15, 0.2) is 0 Å². The molecule has 4 rings (SSSR count). The number of thiophene rings is 1. The molecule has 4 aromatic rings. The fraction of sp³-hybridized carbons (Fsp3) is 0.452. The average Bonchev–Trinajstić information content (AvgIpc) is 3.50. The zero-order valence-electron chi connectivity index (χ0n) is 22.8. The minimum Gasteiger partial charge on any atom is -0.496 e. The molecule has 0 aliphatic heterocycles. The number of nitrogen functional groups attached to an aromatic ring is 1. The first kappa shape index (κ1) is 27.2. The molecule has 2 aromatic heterocycles. The third kappa shape index (κ3) is 5.55. The maximum atomic E-state index is 13.0. The molecule has 5 nitrogen and oxygen atoms in total. The first-order chi connectivity index (χ1) is 18.0. The number of nitrogens with two attached hydrogens (primary N) is 1. The van der Waals surface area contributed by atoms with E-state index in [4.69, 9.17) is 10.6 Å². The van der Waals surface area contributed by atoms with Crippen LogP contribution in [-0.4, -0.2) is 17.6 Å². The van der Waals surface area contributed by atoms with Crippen LogP contribution in [0.2, 0.25) is 0 Å². The number of methoxy groups -OCH3 is 1. The second-order valence-corrected chi connectivity index (χ2v) is 10.9. The van der Waals surface area contributed by atoms with Gasteiger partial charge >= 0.3 is 0 Å². The van der Waals surface area contributed by atoms with E-state index in [1.54, 1.807) is 18.4 Å². The summed E-state index contributed by atoms with van der Waals surface area (Å²) in [4.78, 5) is 13.0. The number of rotatable bonds is 13. The Labute approximate surface area is 225 Å². The number of amides is 1. The largest absolute Gasteiger partial charge is 0.496 e. The lowest BCUT2D eigenvalue weighted by Gasteiger charge is -2.14. The number of benzene rings is 2. The van der Waals surface area contributed by atoms with E-state index in [0.717, 1.165) is 46.6 Å². The topological polar surface area (TPSA) is 69.3 Å². The van der Waals surface area contributed by atoms with Crippen molar-refractivity contribution in [2.45, 2.75) is 85.0 Å². The van der Waals surface area contributed by atoms with Crippen LogP contribution in [0.25, 0.3) is 26.8 Å². The van der Waals surface area contributed by atoms with Gasteiger partial charge in [-0.3, -0.25) is 14.8 Å². The predicted molar refractivity (Wildman–Crippen MR) is 157 cm³/mol. The minimum absolute atomic E-state index is 0.311. The molecule has 0 fully saturated rings. The Balaban J connectivity index is 1.86. The van der Waals surface area contributed by atoms with E-state index in [1.165, 1.54) is 61.1 Å². The number of nitrogens with one attached hydrogen (secondary N) is 1. The smallest absolute Gasteiger partial charge is 0.266 e. The van der Waals surface area contributed by atoms with E-state index < -0.39 is 0 Å². The SMILES string of the molecule is CCCCCCCCCc1ccc2c3c(C(=O)NN)cc(OC)c(C)c3n(-c3sccc3CCC)c2c1. The van der Waals surface area contributed by atoms with Gasteiger partial charge in [-0.2, -0.15) is 0 Å². The van der Waals surface area contributed by atoms with Crippen LogP contribution >= 0.6 is 11.3 Å². The van der Waals surface area contributed by atoms with Gasteiger partial charge in [0, 0.05) is 16.3 Å². The van der Waals surface area contributed by atoms with Crippen molar-refractivity contribution in [3.63, 3.8) is 0 Å². The number of carbonyl (C=O) groups excluding carboxylic acids is 1. The molecule has 0 radical (unpaired) electrons. The summed E-state index contributed by atoms with van der Waals surface area (Å²) in [5, 5.41) is 5.38. The number of hydrogen-bond donors (Lipinski definition) is 2. The Bertz CT molecular complexity index is 1370. The van der Waals surface area contributed by atoms with E-state index >= 15 is 0 Å². The van der Waals surface area contributed by atoms with Crippen molar-refractivity contribution in [3.05, 3.63) is 58.0 Å². The monoisotopic (exact) mass is 519 g/mol. The summed E-state index contributed by atoms with van der Waals surface area (Å²) in [7, 11) is 1.65. The fourth-order valence-electron chi connectivity index (χ4n) is 5.49. The van der Waals surface area contributed by atoms with E-state index in [1.807, 2.05) is 6.07 Å². The molecule has 1 amide bonds. The molecule has 0 saturated heterocycles.